The van der Waals surface area contributed by atoms with Crippen molar-refractivity contribution < 1.29 is 58.3 Å². The monoisotopic (exact) mass is 762 g/mol. The summed E-state index contributed by atoms with van der Waals surface area (Å²) in [6, 6.07) is 17.9. The third kappa shape index (κ3) is 5.74. The van der Waals surface area contributed by atoms with Crippen molar-refractivity contribution in [3.63, 3.8) is 0 Å². The third-order valence-electron chi connectivity index (χ3n) is 12.9. The van der Waals surface area contributed by atoms with E-state index in [0.29, 0.717) is 11.5 Å². The Bertz CT molecular complexity index is 1970. The Morgan fingerprint density at radius 1 is 1.00 bits per heavy atom. The van der Waals surface area contributed by atoms with Crippen LogP contribution in [0.25, 0.3) is 0 Å². The van der Waals surface area contributed by atoms with Crippen molar-refractivity contribution in [2.75, 3.05) is 6.61 Å². The number of hydrogen-bond donors (Lipinski definition) is 4. The van der Waals surface area contributed by atoms with Gasteiger partial charge in [0.1, 0.15) is 41.4 Å². The van der Waals surface area contributed by atoms with Crippen LogP contribution < -0.4 is 9.30 Å². The van der Waals surface area contributed by atoms with Crippen molar-refractivity contribution in [3.8, 4) is 5.88 Å². The maximum Gasteiger partial charge on any atom is 0.368 e. The van der Waals surface area contributed by atoms with E-state index < -0.39 is 88.2 Å². The van der Waals surface area contributed by atoms with Crippen LogP contribution in [-0.2, 0) is 30.8 Å². The average Bonchev–Trinajstić information content (AvgIpc) is 3.69. The lowest BCUT2D eigenvalue weighted by Gasteiger charge is -2.66. The fourth-order valence-corrected chi connectivity index (χ4v) is 10.0. The number of hydrogen-bond acceptors (Lipinski definition) is 12. The Morgan fingerprint density at radius 3 is 2.33 bits per heavy atom. The number of aliphatic hydroxyl groups is 4. The normalized spacial score (nSPS) is 35.3. The Kier molecular flexibility index (Phi) is 9.68. The summed E-state index contributed by atoms with van der Waals surface area (Å²) in [4.78, 5) is 43.3. The molecule has 1 aromatic carbocycles. The lowest BCUT2D eigenvalue weighted by Crippen LogP contribution is -2.81. The Hall–Kier alpha value is -3.98. The summed E-state index contributed by atoms with van der Waals surface area (Å²) in [5.41, 5.74) is -6.20. The van der Waals surface area contributed by atoms with Crippen molar-refractivity contribution in [1.29, 1.82) is 0 Å². The van der Waals surface area contributed by atoms with E-state index in [1.54, 1.807) is 68.2 Å². The summed E-state index contributed by atoms with van der Waals surface area (Å²) >= 11 is 1.12. The molecule has 3 aromatic rings. The van der Waals surface area contributed by atoms with Gasteiger partial charge in [0.05, 0.1) is 30.3 Å². The second-order valence-electron chi connectivity index (χ2n) is 16.0. The Labute approximate surface area is 318 Å². The largest absolute Gasteiger partial charge is 0.455 e. The van der Waals surface area contributed by atoms with Gasteiger partial charge in [0.2, 0.25) is 6.10 Å². The van der Waals surface area contributed by atoms with Crippen LogP contribution in [0.3, 0.4) is 0 Å². The first-order chi connectivity index (χ1) is 25.5. The summed E-state index contributed by atoms with van der Waals surface area (Å²) in [6.45, 7) is 7.91. The molecule has 2 bridgehead atoms. The van der Waals surface area contributed by atoms with E-state index in [1.165, 1.54) is 6.92 Å². The minimum Gasteiger partial charge on any atom is -0.455 e. The van der Waals surface area contributed by atoms with Gasteiger partial charge >= 0.3 is 17.8 Å². The van der Waals surface area contributed by atoms with E-state index in [0.717, 1.165) is 16.9 Å². The molecule has 0 spiro atoms. The highest BCUT2D eigenvalue weighted by Crippen LogP contribution is 2.63. The number of ketones is 1. The fraction of sp³-hybridized carbons (Fsp3) is 0.512. The van der Waals surface area contributed by atoms with E-state index >= 15 is 0 Å². The first-order valence-corrected chi connectivity index (χ1v) is 19.1. The summed E-state index contributed by atoms with van der Waals surface area (Å²) in [5.74, 6) is -3.95. The molecule has 1 aliphatic heterocycles. The van der Waals surface area contributed by atoms with Crippen LogP contribution >= 0.6 is 11.3 Å². The van der Waals surface area contributed by atoms with E-state index in [4.69, 9.17) is 18.9 Å². The van der Waals surface area contributed by atoms with Gasteiger partial charge in [-0.3, -0.25) is 4.79 Å². The minimum absolute atomic E-state index is 0.0742. The maximum absolute atomic E-state index is 14.8. The number of thiophene rings is 1. The highest BCUT2D eigenvalue weighted by atomic mass is 32.1. The third-order valence-corrected chi connectivity index (χ3v) is 13.7. The van der Waals surface area contributed by atoms with Crippen LogP contribution in [0.4, 0.5) is 0 Å². The van der Waals surface area contributed by atoms with Crippen LogP contribution in [0.15, 0.2) is 83.4 Å². The maximum atomic E-state index is 14.8. The molecule has 13 heteroatoms. The lowest BCUT2D eigenvalue weighted by atomic mass is 9.45. The molecular weight excluding hydrogens is 715 g/mol. The second-order valence-corrected chi connectivity index (χ2v) is 17.0. The highest BCUT2D eigenvalue weighted by molar-refractivity contribution is 7.11. The van der Waals surface area contributed by atoms with Crippen molar-refractivity contribution in [2.45, 2.75) is 101 Å². The molecule has 4 aliphatic rings. The molecule has 3 aliphatic carbocycles. The number of aryl methyl sites for hydroxylation is 1. The van der Waals surface area contributed by atoms with Crippen molar-refractivity contribution >= 4 is 29.1 Å². The number of aliphatic hydroxyl groups excluding tert-OH is 2. The molecule has 4 N–H and O–H groups in total. The van der Waals surface area contributed by atoms with Gasteiger partial charge in [-0.1, -0.05) is 57.2 Å². The van der Waals surface area contributed by atoms with Gasteiger partial charge < -0.3 is 39.4 Å². The number of carbonyl (C=O) groups excluding carboxylic acids is 3. The summed E-state index contributed by atoms with van der Waals surface area (Å²) in [6.07, 6.45) is -7.02. The quantitative estimate of drug-likeness (QED) is 0.151. The molecule has 3 fully saturated rings. The van der Waals surface area contributed by atoms with Crippen molar-refractivity contribution in [2.24, 2.45) is 23.8 Å². The number of carbonyl (C=O) groups is 3. The van der Waals surface area contributed by atoms with Crippen molar-refractivity contribution in [3.05, 3.63) is 93.8 Å². The van der Waals surface area contributed by atoms with E-state index in [2.05, 4.69) is 0 Å². The van der Waals surface area contributed by atoms with Gasteiger partial charge in [-0.25, -0.2) is 9.59 Å². The number of fused-ring (bicyclic) bond motifs is 5. The van der Waals surface area contributed by atoms with Crippen LogP contribution in [0, 0.1) is 16.7 Å². The molecule has 2 saturated carbocycles. The number of aromatic nitrogens is 1. The predicted octanol–water partition coefficient (Wildman–Crippen LogP) is 3.20. The number of rotatable bonds is 8. The van der Waals surface area contributed by atoms with Crippen LogP contribution in [-0.4, -0.2) is 92.6 Å². The SMILES string of the molecule is CC1=C2C(O)C(=O)[C@]3(C)C(O)CC4OCC4(O)C3C(OC(=O)c3cccs3)C(O)(CC1OC(=O)C(Oc1cccc[n+]1C)[C@@H](C)c1ccccc1)C2(C)C. The summed E-state index contributed by atoms with van der Waals surface area (Å²) < 4.78 is 26.3. The highest BCUT2D eigenvalue weighted by Gasteiger charge is 2.76. The second kappa shape index (κ2) is 13.6. The summed E-state index contributed by atoms with van der Waals surface area (Å²) in [7, 11) is 1.78. The van der Waals surface area contributed by atoms with Gasteiger partial charge in [0, 0.05) is 36.2 Å². The van der Waals surface area contributed by atoms with Crippen LogP contribution in [0.2, 0.25) is 0 Å². The molecule has 12 nitrogen and oxygen atoms in total. The number of pyridine rings is 1. The van der Waals surface area contributed by atoms with Crippen molar-refractivity contribution in [1.82, 2.24) is 0 Å². The molecule has 0 amide bonds. The molecule has 1 saturated heterocycles. The van der Waals surface area contributed by atoms with Gasteiger partial charge in [-0.15, -0.1) is 11.3 Å². The minimum atomic E-state index is -2.19. The van der Waals surface area contributed by atoms with E-state index in [1.807, 2.05) is 43.3 Å². The average molecular weight is 763 g/mol. The lowest BCUT2D eigenvalue weighted by molar-refractivity contribution is -0.677. The standard InChI is InChI=1S/C41H48NO11S/c1-22(24-13-8-7-9-14-24)32(52-29-16-10-11-17-42(29)6)37(47)51-25-20-41(49)35(53-36(46)26-15-12-18-54-26)33-39(5,27(43)19-28-40(33,48)21-50-28)34(45)31(44)30(23(25)2)38(41,3)4/h7-18,22,25,27-28,31-33,35,43-44,48-49H,19-21H2,1-6H3/q+1/t22-,25?,27?,28?,31?,32?,33?,35?,39+,40?,41?/m0/s1. The van der Waals surface area contributed by atoms with Gasteiger partial charge in [0.15, 0.2) is 12.0 Å². The van der Waals surface area contributed by atoms with Crippen LogP contribution in [0.1, 0.15) is 68.6 Å². The molecule has 54 heavy (non-hydrogen) atoms. The predicted molar refractivity (Wildman–Crippen MR) is 194 cm³/mol. The zero-order chi connectivity index (χ0) is 39.0. The molecule has 9 unspecified atom stereocenters. The number of nitrogens with zero attached hydrogens (tertiary/aromatic N) is 1. The molecule has 7 rings (SSSR count). The van der Waals surface area contributed by atoms with Gasteiger partial charge in [0.25, 0.3) is 0 Å². The van der Waals surface area contributed by atoms with Gasteiger partial charge in [-0.05, 0) is 48.1 Å². The number of esters is 2. The molecular formula is C41H48NO11S+. The first kappa shape index (κ1) is 38.3. The van der Waals surface area contributed by atoms with Gasteiger partial charge in [-0.2, -0.15) is 4.57 Å². The number of Topliss-reactive ketones (excluding diaryl/α,β-unsaturated/α-hetero) is 1. The summed E-state index contributed by atoms with van der Waals surface area (Å²) in [5, 5.41) is 51.1. The molecule has 3 heterocycles. The van der Waals surface area contributed by atoms with Crippen LogP contribution in [0.5, 0.6) is 5.88 Å². The first-order valence-electron chi connectivity index (χ1n) is 18.3. The smallest absolute Gasteiger partial charge is 0.368 e. The van der Waals surface area contributed by atoms with E-state index in [-0.39, 0.29) is 29.9 Å². The molecule has 2 aromatic heterocycles. The molecule has 11 atom stereocenters. The van der Waals surface area contributed by atoms with E-state index in [9.17, 15) is 34.8 Å². The Balaban J connectivity index is 1.36. The zero-order valence-electron chi connectivity index (χ0n) is 31.2. The molecule has 0 radical (unpaired) electrons. The zero-order valence-corrected chi connectivity index (χ0v) is 32.0. The fourth-order valence-electron chi connectivity index (χ4n) is 9.44. The topological polar surface area (TPSA) is 173 Å². The Morgan fingerprint density at radius 2 is 1.70 bits per heavy atom. The number of ether oxygens (including phenoxy) is 4. The number of benzene rings is 1. The molecule has 288 valence electrons.